The van der Waals surface area contributed by atoms with Crippen LogP contribution in [0.2, 0.25) is 0 Å². The summed E-state index contributed by atoms with van der Waals surface area (Å²) in [7, 11) is 0. The van der Waals surface area contributed by atoms with E-state index in [1.54, 1.807) is 0 Å². The van der Waals surface area contributed by atoms with Crippen LogP contribution in [-0.4, -0.2) is 4.98 Å². The number of halogens is 3. The third-order valence-corrected chi connectivity index (χ3v) is 4.38. The zero-order valence-corrected chi connectivity index (χ0v) is 13.7. The van der Waals surface area contributed by atoms with E-state index >= 15 is 0 Å². The van der Waals surface area contributed by atoms with E-state index in [9.17, 15) is 13.2 Å². The Balaban J connectivity index is 1.75. The Labute approximate surface area is 142 Å². The highest BCUT2D eigenvalue weighted by molar-refractivity contribution is 7.14. The van der Waals surface area contributed by atoms with Crippen LogP contribution >= 0.6 is 11.3 Å². The molecule has 0 saturated carbocycles. The molecule has 2 nitrogen and oxygen atoms in total. The molecule has 0 saturated heterocycles. The zero-order valence-electron chi connectivity index (χ0n) is 12.9. The van der Waals surface area contributed by atoms with E-state index < -0.39 is 11.7 Å². The summed E-state index contributed by atoms with van der Waals surface area (Å²) in [5.74, 6) is 0. The van der Waals surface area contributed by atoms with Crippen LogP contribution < -0.4 is 5.32 Å². The molecule has 0 atom stereocenters. The van der Waals surface area contributed by atoms with Crippen molar-refractivity contribution in [3.05, 3.63) is 65.0 Å². The van der Waals surface area contributed by atoms with Gasteiger partial charge < -0.3 is 5.32 Å². The second-order valence-corrected chi connectivity index (χ2v) is 6.15. The summed E-state index contributed by atoms with van der Waals surface area (Å²) in [5.41, 5.74) is 2.84. The Kier molecular flexibility index (Phi) is 4.57. The fourth-order valence-electron chi connectivity index (χ4n) is 2.24. The summed E-state index contributed by atoms with van der Waals surface area (Å²) in [6.07, 6.45) is -3.34. The minimum absolute atomic E-state index is 0.654. The lowest BCUT2D eigenvalue weighted by Gasteiger charge is -2.06. The summed E-state index contributed by atoms with van der Waals surface area (Å²) in [4.78, 5) is 4.44. The summed E-state index contributed by atoms with van der Waals surface area (Å²) in [6, 6.07) is 13.1. The Morgan fingerprint density at radius 3 is 2.25 bits per heavy atom. The van der Waals surface area contributed by atoms with Gasteiger partial charge >= 0.3 is 6.18 Å². The second kappa shape index (κ2) is 6.65. The maximum absolute atomic E-state index is 12.6. The van der Waals surface area contributed by atoms with Crippen LogP contribution in [0.1, 0.15) is 18.1 Å². The van der Waals surface area contributed by atoms with Crippen molar-refractivity contribution >= 4 is 22.2 Å². The average molecular weight is 348 g/mol. The molecule has 0 bridgehead atoms. The first-order valence-corrected chi connectivity index (χ1v) is 8.33. The van der Waals surface area contributed by atoms with E-state index in [-0.39, 0.29) is 0 Å². The van der Waals surface area contributed by atoms with Gasteiger partial charge in [0.15, 0.2) is 5.13 Å². The first-order chi connectivity index (χ1) is 11.5. The molecular formula is C18H15F3N2S. The van der Waals surface area contributed by atoms with Gasteiger partial charge in [-0.15, -0.1) is 11.3 Å². The van der Waals surface area contributed by atoms with Gasteiger partial charge in [0.1, 0.15) is 0 Å². The third kappa shape index (κ3) is 3.76. The number of benzene rings is 2. The monoisotopic (exact) mass is 348 g/mol. The molecule has 0 spiro atoms. The fourth-order valence-corrected chi connectivity index (χ4v) is 2.98. The van der Waals surface area contributed by atoms with Crippen LogP contribution in [0.15, 0.2) is 53.9 Å². The molecule has 0 unspecified atom stereocenters. The fraction of sp³-hybridized carbons (Fsp3) is 0.167. The van der Waals surface area contributed by atoms with Crippen molar-refractivity contribution in [1.82, 2.24) is 4.98 Å². The van der Waals surface area contributed by atoms with Crippen LogP contribution in [0.25, 0.3) is 11.3 Å². The van der Waals surface area contributed by atoms with Crippen molar-refractivity contribution in [2.45, 2.75) is 19.5 Å². The van der Waals surface area contributed by atoms with E-state index in [2.05, 4.69) is 17.2 Å². The number of nitrogens with zero attached hydrogens (tertiary/aromatic N) is 1. The van der Waals surface area contributed by atoms with Crippen molar-refractivity contribution in [2.24, 2.45) is 0 Å². The summed E-state index contributed by atoms with van der Waals surface area (Å²) in [5, 5.41) is 5.74. The normalized spacial score (nSPS) is 11.5. The zero-order chi connectivity index (χ0) is 17.2. The standard InChI is InChI=1S/C18H15F3N2S/c1-2-12-3-9-15(10-4-12)22-17-23-16(11-24-17)13-5-7-14(8-6-13)18(19,20)21/h3-11H,2H2,1H3,(H,22,23). The third-order valence-electron chi connectivity index (χ3n) is 3.63. The molecule has 1 heterocycles. The van der Waals surface area contributed by atoms with Crippen molar-refractivity contribution in [2.75, 3.05) is 5.32 Å². The number of nitrogens with one attached hydrogen (secondary N) is 1. The largest absolute Gasteiger partial charge is 0.416 e. The summed E-state index contributed by atoms with van der Waals surface area (Å²) in [6.45, 7) is 2.10. The van der Waals surface area contributed by atoms with Gasteiger partial charge in [0.25, 0.3) is 0 Å². The van der Waals surface area contributed by atoms with Gasteiger partial charge in [0.05, 0.1) is 11.3 Å². The number of alkyl halides is 3. The van der Waals surface area contributed by atoms with Gasteiger partial charge in [-0.3, -0.25) is 0 Å². The van der Waals surface area contributed by atoms with Gasteiger partial charge in [-0.25, -0.2) is 4.98 Å². The maximum Gasteiger partial charge on any atom is 0.416 e. The predicted molar refractivity (Wildman–Crippen MR) is 91.7 cm³/mol. The number of anilines is 2. The Hall–Kier alpha value is -2.34. The van der Waals surface area contributed by atoms with E-state index in [1.807, 2.05) is 29.6 Å². The molecule has 6 heteroatoms. The predicted octanol–water partition coefficient (Wildman–Crippen LogP) is 6.13. The molecule has 1 aromatic heterocycles. The molecule has 1 N–H and O–H groups in total. The van der Waals surface area contributed by atoms with Crippen molar-refractivity contribution in [3.63, 3.8) is 0 Å². The molecule has 2 aromatic carbocycles. The number of hydrogen-bond acceptors (Lipinski definition) is 3. The SMILES string of the molecule is CCc1ccc(Nc2nc(-c3ccc(C(F)(F)F)cc3)cs2)cc1. The van der Waals surface area contributed by atoms with Crippen molar-refractivity contribution in [3.8, 4) is 11.3 Å². The smallest absolute Gasteiger partial charge is 0.332 e. The molecule has 0 aliphatic heterocycles. The topological polar surface area (TPSA) is 24.9 Å². The number of hydrogen-bond donors (Lipinski definition) is 1. The highest BCUT2D eigenvalue weighted by Gasteiger charge is 2.30. The molecule has 0 amide bonds. The van der Waals surface area contributed by atoms with Gasteiger partial charge in [-0.1, -0.05) is 31.2 Å². The Bertz CT molecular complexity index is 806. The van der Waals surface area contributed by atoms with Gasteiger partial charge in [-0.05, 0) is 36.2 Å². The molecule has 3 rings (SSSR count). The van der Waals surface area contributed by atoms with Crippen LogP contribution in [0.4, 0.5) is 24.0 Å². The quantitative estimate of drug-likeness (QED) is 0.613. The lowest BCUT2D eigenvalue weighted by atomic mass is 10.1. The lowest BCUT2D eigenvalue weighted by molar-refractivity contribution is -0.137. The maximum atomic E-state index is 12.6. The van der Waals surface area contributed by atoms with E-state index in [4.69, 9.17) is 0 Å². The van der Waals surface area contributed by atoms with Crippen molar-refractivity contribution < 1.29 is 13.2 Å². The van der Waals surface area contributed by atoms with E-state index in [0.717, 1.165) is 24.2 Å². The molecule has 0 fully saturated rings. The number of thiazole rings is 1. The number of aryl methyl sites for hydroxylation is 1. The average Bonchev–Trinajstić information content (AvgIpc) is 3.03. The molecule has 124 valence electrons. The van der Waals surface area contributed by atoms with Crippen molar-refractivity contribution in [1.29, 1.82) is 0 Å². The summed E-state index contributed by atoms with van der Waals surface area (Å²) < 4.78 is 37.8. The highest BCUT2D eigenvalue weighted by Crippen LogP contribution is 2.32. The van der Waals surface area contributed by atoms with E-state index in [1.165, 1.54) is 29.0 Å². The molecule has 3 aromatic rings. The second-order valence-electron chi connectivity index (χ2n) is 5.29. The van der Waals surface area contributed by atoms with Gasteiger partial charge in [-0.2, -0.15) is 13.2 Å². The highest BCUT2D eigenvalue weighted by atomic mass is 32.1. The molecular weight excluding hydrogens is 333 g/mol. The van der Waals surface area contributed by atoms with E-state index in [0.29, 0.717) is 16.4 Å². The van der Waals surface area contributed by atoms with Crippen LogP contribution in [-0.2, 0) is 12.6 Å². The molecule has 0 aliphatic carbocycles. The Morgan fingerprint density at radius 2 is 1.67 bits per heavy atom. The Morgan fingerprint density at radius 1 is 1.00 bits per heavy atom. The van der Waals surface area contributed by atoms with Crippen LogP contribution in [0.5, 0.6) is 0 Å². The van der Waals surface area contributed by atoms with Crippen LogP contribution in [0, 0.1) is 0 Å². The molecule has 0 aliphatic rings. The molecule has 24 heavy (non-hydrogen) atoms. The van der Waals surface area contributed by atoms with Gasteiger partial charge in [0.2, 0.25) is 0 Å². The minimum Gasteiger partial charge on any atom is -0.332 e. The summed E-state index contributed by atoms with van der Waals surface area (Å²) >= 11 is 1.41. The van der Waals surface area contributed by atoms with Crippen LogP contribution in [0.3, 0.4) is 0 Å². The van der Waals surface area contributed by atoms with Gasteiger partial charge in [0, 0.05) is 16.6 Å². The number of aromatic nitrogens is 1. The number of rotatable bonds is 4. The molecule has 0 radical (unpaired) electrons. The lowest BCUT2D eigenvalue weighted by Crippen LogP contribution is -2.03. The minimum atomic E-state index is -4.32. The first-order valence-electron chi connectivity index (χ1n) is 7.45. The first kappa shape index (κ1) is 16.5.